The van der Waals surface area contributed by atoms with Crippen LogP contribution in [0.25, 0.3) is 5.76 Å². The van der Waals surface area contributed by atoms with E-state index in [1.165, 1.54) is 26.0 Å². The molecule has 0 amide bonds. The predicted molar refractivity (Wildman–Crippen MR) is 107 cm³/mol. The number of carbonyl (C=O) groups excluding carboxylic acids is 1. The number of esters is 1. The summed E-state index contributed by atoms with van der Waals surface area (Å²) in [5, 5.41) is 9.62. The topological polar surface area (TPSA) is 68.5 Å². The van der Waals surface area contributed by atoms with Gasteiger partial charge in [-0.2, -0.15) is 5.26 Å². The third-order valence-electron chi connectivity index (χ3n) is 3.72. The fourth-order valence-electron chi connectivity index (χ4n) is 2.34. The second-order valence-corrected chi connectivity index (χ2v) is 6.80. The maximum absolute atomic E-state index is 12.1. The van der Waals surface area contributed by atoms with Gasteiger partial charge in [-0.3, -0.25) is 0 Å². The highest BCUT2D eigenvalue weighted by Gasteiger charge is 2.19. The molecule has 6 heteroatoms. The zero-order valence-electron chi connectivity index (χ0n) is 15.7. The monoisotopic (exact) mass is 383 g/mol. The molecule has 140 valence electrons. The standard InChI is InChI=1S/C21H21NO4S/c1-5-27-19(13-22)20(15-8-6-14(2)7-9-15)26-18-12-16(24-3)10-11-17(18)21(23)25-4/h6-12H,5H2,1-4H3/b20-19-. The molecule has 2 rings (SSSR count). The van der Waals surface area contributed by atoms with Gasteiger partial charge in [0.15, 0.2) is 5.76 Å². The van der Waals surface area contributed by atoms with E-state index in [9.17, 15) is 10.1 Å². The van der Waals surface area contributed by atoms with Crippen molar-refractivity contribution in [3.63, 3.8) is 0 Å². The molecular weight excluding hydrogens is 362 g/mol. The molecule has 2 aromatic rings. The van der Waals surface area contributed by atoms with Crippen molar-refractivity contribution < 1.29 is 19.0 Å². The van der Waals surface area contributed by atoms with Gasteiger partial charge in [-0.05, 0) is 24.8 Å². The molecule has 27 heavy (non-hydrogen) atoms. The van der Waals surface area contributed by atoms with Gasteiger partial charge in [0.1, 0.15) is 28.0 Å². The van der Waals surface area contributed by atoms with E-state index in [4.69, 9.17) is 14.2 Å². The molecular formula is C21H21NO4S. The summed E-state index contributed by atoms with van der Waals surface area (Å²) in [5.41, 5.74) is 2.09. The number of ether oxygens (including phenoxy) is 3. The number of hydrogen-bond donors (Lipinski definition) is 0. The molecule has 0 aliphatic carbocycles. The van der Waals surface area contributed by atoms with E-state index < -0.39 is 5.97 Å². The van der Waals surface area contributed by atoms with Gasteiger partial charge in [0, 0.05) is 11.6 Å². The lowest BCUT2D eigenvalue weighted by molar-refractivity contribution is 0.0598. The summed E-state index contributed by atoms with van der Waals surface area (Å²) < 4.78 is 16.2. The van der Waals surface area contributed by atoms with Crippen LogP contribution < -0.4 is 9.47 Å². The van der Waals surface area contributed by atoms with E-state index in [0.29, 0.717) is 22.2 Å². The third kappa shape index (κ3) is 5.05. The minimum Gasteiger partial charge on any atom is -0.497 e. The number of thioether (sulfide) groups is 1. The Labute approximate surface area is 163 Å². The lowest BCUT2D eigenvalue weighted by Crippen LogP contribution is -2.07. The molecule has 0 aliphatic heterocycles. The van der Waals surface area contributed by atoms with Crippen LogP contribution in [0.1, 0.15) is 28.4 Å². The van der Waals surface area contributed by atoms with Gasteiger partial charge >= 0.3 is 5.97 Å². The minimum absolute atomic E-state index is 0.252. The molecule has 0 N–H and O–H groups in total. The van der Waals surface area contributed by atoms with Crippen LogP contribution in [0.3, 0.4) is 0 Å². The van der Waals surface area contributed by atoms with Crippen LogP contribution in [0.2, 0.25) is 0 Å². The van der Waals surface area contributed by atoms with Gasteiger partial charge in [-0.25, -0.2) is 4.79 Å². The Balaban J connectivity index is 2.61. The second kappa shape index (κ2) is 9.70. The van der Waals surface area contributed by atoms with Crippen LogP contribution in [-0.2, 0) is 4.74 Å². The first-order chi connectivity index (χ1) is 13.0. The van der Waals surface area contributed by atoms with Crippen molar-refractivity contribution in [3.05, 3.63) is 64.1 Å². The molecule has 0 unspecified atom stereocenters. The van der Waals surface area contributed by atoms with E-state index in [0.717, 1.165) is 11.1 Å². The first kappa shape index (κ1) is 20.4. The fraction of sp³-hybridized carbons (Fsp3) is 0.238. The minimum atomic E-state index is -0.530. The summed E-state index contributed by atoms with van der Waals surface area (Å²) in [6, 6.07) is 14.7. The van der Waals surface area contributed by atoms with Gasteiger partial charge in [0.25, 0.3) is 0 Å². The van der Waals surface area contributed by atoms with E-state index in [-0.39, 0.29) is 11.3 Å². The quantitative estimate of drug-likeness (QED) is 0.388. The Morgan fingerprint density at radius 1 is 1.15 bits per heavy atom. The molecule has 0 radical (unpaired) electrons. The first-order valence-corrected chi connectivity index (χ1v) is 9.31. The summed E-state index contributed by atoms with van der Waals surface area (Å²) in [6.07, 6.45) is 0. The second-order valence-electron chi connectivity index (χ2n) is 5.52. The zero-order chi connectivity index (χ0) is 19.8. The van der Waals surface area contributed by atoms with E-state index in [1.54, 1.807) is 18.2 Å². The number of aryl methyl sites for hydroxylation is 1. The molecule has 5 nitrogen and oxygen atoms in total. The Morgan fingerprint density at radius 3 is 2.41 bits per heavy atom. The van der Waals surface area contributed by atoms with E-state index in [2.05, 4.69) is 6.07 Å². The van der Waals surface area contributed by atoms with Crippen molar-refractivity contribution in [1.29, 1.82) is 5.26 Å². The highest BCUT2D eigenvalue weighted by atomic mass is 32.2. The number of nitriles is 1. The van der Waals surface area contributed by atoms with Crippen LogP contribution in [0.4, 0.5) is 0 Å². The number of carbonyl (C=O) groups is 1. The maximum atomic E-state index is 12.1. The van der Waals surface area contributed by atoms with Gasteiger partial charge in [0.05, 0.1) is 14.2 Å². The average molecular weight is 383 g/mol. The predicted octanol–water partition coefficient (Wildman–Crippen LogP) is 4.81. The van der Waals surface area contributed by atoms with Crippen LogP contribution >= 0.6 is 11.8 Å². The summed E-state index contributed by atoms with van der Waals surface area (Å²) in [5.74, 6) is 1.37. The number of allylic oxidation sites excluding steroid dienone is 1. The van der Waals surface area contributed by atoms with Crippen molar-refractivity contribution in [2.24, 2.45) is 0 Å². The van der Waals surface area contributed by atoms with Crippen LogP contribution in [0.5, 0.6) is 11.5 Å². The normalized spacial score (nSPS) is 11.2. The van der Waals surface area contributed by atoms with Gasteiger partial charge < -0.3 is 14.2 Å². The number of methoxy groups -OCH3 is 2. The van der Waals surface area contributed by atoms with E-state index >= 15 is 0 Å². The van der Waals surface area contributed by atoms with Gasteiger partial charge in [-0.1, -0.05) is 36.8 Å². The Morgan fingerprint density at radius 2 is 1.85 bits per heavy atom. The molecule has 0 spiro atoms. The molecule has 0 aromatic heterocycles. The highest BCUT2D eigenvalue weighted by Crippen LogP contribution is 2.33. The van der Waals surface area contributed by atoms with Crippen molar-refractivity contribution in [2.45, 2.75) is 13.8 Å². The largest absolute Gasteiger partial charge is 0.497 e. The molecule has 0 saturated heterocycles. The lowest BCUT2D eigenvalue weighted by Gasteiger charge is -2.16. The lowest BCUT2D eigenvalue weighted by atomic mass is 10.1. The Kier molecular flexibility index (Phi) is 7.33. The van der Waals surface area contributed by atoms with Crippen LogP contribution in [-0.4, -0.2) is 25.9 Å². The Hall–Kier alpha value is -2.91. The molecule has 0 fully saturated rings. The third-order valence-corrected chi connectivity index (χ3v) is 4.57. The Bertz CT molecular complexity index is 882. The SMILES string of the molecule is CCS/C(C#N)=C(\Oc1cc(OC)ccc1C(=O)OC)c1ccc(C)cc1. The average Bonchev–Trinajstić information content (AvgIpc) is 2.70. The van der Waals surface area contributed by atoms with Gasteiger partial charge in [-0.15, -0.1) is 11.8 Å². The molecule has 0 aliphatic rings. The summed E-state index contributed by atoms with van der Waals surface area (Å²) in [4.78, 5) is 12.6. The van der Waals surface area contributed by atoms with E-state index in [1.807, 2.05) is 38.1 Å². The van der Waals surface area contributed by atoms with Crippen molar-refractivity contribution in [1.82, 2.24) is 0 Å². The molecule has 2 aromatic carbocycles. The van der Waals surface area contributed by atoms with Crippen molar-refractivity contribution in [3.8, 4) is 17.6 Å². The van der Waals surface area contributed by atoms with Gasteiger partial charge in [0.2, 0.25) is 0 Å². The first-order valence-electron chi connectivity index (χ1n) is 8.32. The number of benzene rings is 2. The zero-order valence-corrected chi connectivity index (χ0v) is 16.6. The summed E-state index contributed by atoms with van der Waals surface area (Å²) in [7, 11) is 2.84. The van der Waals surface area contributed by atoms with Crippen molar-refractivity contribution >= 4 is 23.5 Å². The molecule has 0 heterocycles. The summed E-state index contributed by atoms with van der Waals surface area (Å²) in [6.45, 7) is 3.94. The highest BCUT2D eigenvalue weighted by molar-refractivity contribution is 8.03. The van der Waals surface area contributed by atoms with Crippen molar-refractivity contribution in [2.75, 3.05) is 20.0 Å². The fourth-order valence-corrected chi connectivity index (χ4v) is 2.98. The molecule has 0 atom stereocenters. The number of hydrogen-bond acceptors (Lipinski definition) is 6. The smallest absolute Gasteiger partial charge is 0.341 e. The van der Waals surface area contributed by atoms with Crippen LogP contribution in [0, 0.1) is 18.3 Å². The summed E-state index contributed by atoms with van der Waals surface area (Å²) >= 11 is 1.38. The number of nitrogens with zero attached hydrogens (tertiary/aromatic N) is 1. The number of rotatable bonds is 7. The van der Waals surface area contributed by atoms with Crippen LogP contribution in [0.15, 0.2) is 47.4 Å². The maximum Gasteiger partial charge on any atom is 0.341 e. The molecule has 0 bridgehead atoms. The molecule has 0 saturated carbocycles.